The smallest absolute Gasteiger partial charge is 0.124 e. The number of halogens is 2. The molecule has 0 heterocycles. The van der Waals surface area contributed by atoms with Gasteiger partial charge in [-0.15, -0.1) is 0 Å². The highest BCUT2D eigenvalue weighted by atomic mass is 79.9. The van der Waals surface area contributed by atoms with E-state index in [0.29, 0.717) is 12.6 Å². The summed E-state index contributed by atoms with van der Waals surface area (Å²) in [6.07, 6.45) is 2.51. The van der Waals surface area contributed by atoms with E-state index in [4.69, 9.17) is 4.74 Å². The summed E-state index contributed by atoms with van der Waals surface area (Å²) in [7, 11) is 0. The number of hydrogen-bond donors (Lipinski definition) is 1. The summed E-state index contributed by atoms with van der Waals surface area (Å²) in [5, 5.41) is 3.49. The summed E-state index contributed by atoms with van der Waals surface area (Å²) in [5.74, 6) is 0.609. The van der Waals surface area contributed by atoms with Crippen LogP contribution in [0, 0.1) is 5.82 Å². The van der Waals surface area contributed by atoms with E-state index in [9.17, 15) is 4.39 Å². The minimum Gasteiger partial charge on any atom is -0.489 e. The quantitative estimate of drug-likeness (QED) is 0.833. The van der Waals surface area contributed by atoms with E-state index in [0.717, 1.165) is 27.9 Å². The van der Waals surface area contributed by atoms with E-state index in [-0.39, 0.29) is 5.82 Å². The van der Waals surface area contributed by atoms with Gasteiger partial charge in [0.2, 0.25) is 0 Å². The molecule has 21 heavy (non-hydrogen) atoms. The lowest BCUT2D eigenvalue weighted by Crippen LogP contribution is -2.16. The van der Waals surface area contributed by atoms with E-state index in [2.05, 4.69) is 27.3 Å². The Hall–Kier alpha value is -1.39. The first-order valence-electron chi connectivity index (χ1n) is 7.10. The van der Waals surface area contributed by atoms with Crippen LogP contribution in [0.2, 0.25) is 0 Å². The second-order valence-electron chi connectivity index (χ2n) is 5.33. The van der Waals surface area contributed by atoms with E-state index in [1.54, 1.807) is 6.07 Å². The fourth-order valence-electron chi connectivity index (χ4n) is 2.16. The second kappa shape index (κ2) is 6.58. The van der Waals surface area contributed by atoms with Crippen molar-refractivity contribution in [1.82, 2.24) is 5.32 Å². The molecule has 0 bridgehead atoms. The maximum atomic E-state index is 13.2. The van der Waals surface area contributed by atoms with Crippen LogP contribution >= 0.6 is 15.9 Å². The molecule has 2 aromatic carbocycles. The zero-order valence-corrected chi connectivity index (χ0v) is 13.2. The number of hydrogen-bond acceptors (Lipinski definition) is 2. The molecule has 1 fully saturated rings. The molecule has 0 saturated heterocycles. The lowest BCUT2D eigenvalue weighted by Gasteiger charge is -2.13. The fourth-order valence-corrected chi connectivity index (χ4v) is 2.57. The van der Waals surface area contributed by atoms with Gasteiger partial charge in [-0.2, -0.15) is 0 Å². The second-order valence-corrected chi connectivity index (χ2v) is 6.24. The monoisotopic (exact) mass is 349 g/mol. The molecule has 0 atom stereocenters. The Labute approximate surface area is 132 Å². The summed E-state index contributed by atoms with van der Waals surface area (Å²) < 4.78 is 20.1. The van der Waals surface area contributed by atoms with E-state index in [1.807, 2.05) is 18.2 Å². The molecule has 1 saturated carbocycles. The predicted octanol–water partition coefficient (Wildman–Crippen LogP) is 4.42. The molecule has 0 unspecified atom stereocenters. The van der Waals surface area contributed by atoms with Gasteiger partial charge in [0, 0.05) is 22.6 Å². The molecule has 2 nitrogen and oxygen atoms in total. The molecule has 0 spiro atoms. The highest BCUT2D eigenvalue weighted by Crippen LogP contribution is 2.26. The molecule has 3 rings (SSSR count). The molecule has 1 aliphatic rings. The zero-order chi connectivity index (χ0) is 14.7. The Morgan fingerprint density at radius 2 is 2.05 bits per heavy atom. The standard InChI is InChI=1S/C17H17BrFNO/c18-14-4-7-17(13(9-14)10-20-16-5-6-16)21-11-12-2-1-3-15(19)8-12/h1-4,7-9,16,20H,5-6,10-11H2. The topological polar surface area (TPSA) is 21.3 Å². The summed E-state index contributed by atoms with van der Waals surface area (Å²) in [4.78, 5) is 0. The number of nitrogens with one attached hydrogen (secondary N) is 1. The van der Waals surface area contributed by atoms with Crippen LogP contribution in [-0.4, -0.2) is 6.04 Å². The van der Waals surface area contributed by atoms with Gasteiger partial charge in [-0.05, 0) is 48.7 Å². The highest BCUT2D eigenvalue weighted by Gasteiger charge is 2.20. The van der Waals surface area contributed by atoms with Crippen LogP contribution in [-0.2, 0) is 13.2 Å². The van der Waals surface area contributed by atoms with E-state index in [1.165, 1.54) is 25.0 Å². The van der Waals surface area contributed by atoms with Gasteiger partial charge in [-0.25, -0.2) is 4.39 Å². The van der Waals surface area contributed by atoms with Crippen LogP contribution in [0.1, 0.15) is 24.0 Å². The lowest BCUT2D eigenvalue weighted by molar-refractivity contribution is 0.301. The maximum absolute atomic E-state index is 13.2. The Morgan fingerprint density at radius 3 is 2.81 bits per heavy atom. The van der Waals surface area contributed by atoms with Crippen molar-refractivity contribution in [3.05, 3.63) is 63.9 Å². The summed E-state index contributed by atoms with van der Waals surface area (Å²) in [6, 6.07) is 13.1. The van der Waals surface area contributed by atoms with Crippen molar-refractivity contribution in [2.75, 3.05) is 0 Å². The third-order valence-electron chi connectivity index (χ3n) is 3.46. The Kier molecular flexibility index (Phi) is 4.56. The van der Waals surface area contributed by atoms with Gasteiger partial charge in [0.05, 0.1) is 0 Å². The lowest BCUT2D eigenvalue weighted by atomic mass is 10.2. The molecule has 0 aromatic heterocycles. The molecule has 4 heteroatoms. The van der Waals surface area contributed by atoms with Crippen molar-refractivity contribution in [2.24, 2.45) is 0 Å². The summed E-state index contributed by atoms with van der Waals surface area (Å²) in [5.41, 5.74) is 1.95. The first-order chi connectivity index (χ1) is 10.2. The first-order valence-corrected chi connectivity index (χ1v) is 7.89. The van der Waals surface area contributed by atoms with Crippen molar-refractivity contribution in [3.63, 3.8) is 0 Å². The van der Waals surface area contributed by atoms with Crippen LogP contribution in [0.4, 0.5) is 4.39 Å². The first kappa shape index (κ1) is 14.5. The minimum atomic E-state index is -0.234. The van der Waals surface area contributed by atoms with Gasteiger partial charge in [-0.1, -0.05) is 28.1 Å². The molecule has 0 amide bonds. The van der Waals surface area contributed by atoms with Crippen molar-refractivity contribution in [3.8, 4) is 5.75 Å². The maximum Gasteiger partial charge on any atom is 0.124 e. The van der Waals surface area contributed by atoms with Gasteiger partial charge in [0.15, 0.2) is 0 Å². The summed E-state index contributed by atoms with van der Waals surface area (Å²) in [6.45, 7) is 1.17. The Balaban J connectivity index is 1.68. The number of rotatable bonds is 6. The van der Waals surface area contributed by atoms with Crippen molar-refractivity contribution in [2.45, 2.75) is 32.0 Å². The van der Waals surface area contributed by atoms with Crippen molar-refractivity contribution >= 4 is 15.9 Å². The molecule has 2 aromatic rings. The van der Waals surface area contributed by atoms with Crippen molar-refractivity contribution in [1.29, 1.82) is 0 Å². The predicted molar refractivity (Wildman–Crippen MR) is 84.7 cm³/mol. The molecule has 0 aliphatic heterocycles. The van der Waals surface area contributed by atoms with Crippen LogP contribution < -0.4 is 10.1 Å². The zero-order valence-electron chi connectivity index (χ0n) is 11.6. The van der Waals surface area contributed by atoms with Gasteiger partial charge >= 0.3 is 0 Å². The fraction of sp³-hybridized carbons (Fsp3) is 0.294. The minimum absolute atomic E-state index is 0.234. The van der Waals surface area contributed by atoms with Crippen molar-refractivity contribution < 1.29 is 9.13 Å². The molecule has 1 N–H and O–H groups in total. The van der Waals surface area contributed by atoms with Gasteiger partial charge < -0.3 is 10.1 Å². The third kappa shape index (κ3) is 4.29. The average Bonchev–Trinajstić information content (AvgIpc) is 3.28. The normalized spacial score (nSPS) is 14.2. The molecular weight excluding hydrogens is 333 g/mol. The average molecular weight is 350 g/mol. The van der Waals surface area contributed by atoms with Crippen LogP contribution in [0.15, 0.2) is 46.9 Å². The Morgan fingerprint density at radius 1 is 1.19 bits per heavy atom. The molecule has 0 radical (unpaired) electrons. The van der Waals surface area contributed by atoms with Crippen LogP contribution in [0.3, 0.4) is 0 Å². The summed E-state index contributed by atoms with van der Waals surface area (Å²) >= 11 is 3.49. The number of benzene rings is 2. The van der Waals surface area contributed by atoms with Gasteiger partial charge in [-0.3, -0.25) is 0 Å². The largest absolute Gasteiger partial charge is 0.489 e. The molecule has 110 valence electrons. The number of ether oxygens (including phenoxy) is 1. The highest BCUT2D eigenvalue weighted by molar-refractivity contribution is 9.10. The van der Waals surface area contributed by atoms with E-state index < -0.39 is 0 Å². The molecule has 1 aliphatic carbocycles. The van der Waals surface area contributed by atoms with Crippen LogP contribution in [0.25, 0.3) is 0 Å². The third-order valence-corrected chi connectivity index (χ3v) is 3.96. The van der Waals surface area contributed by atoms with Crippen LogP contribution in [0.5, 0.6) is 5.75 Å². The van der Waals surface area contributed by atoms with Gasteiger partial charge in [0.25, 0.3) is 0 Å². The van der Waals surface area contributed by atoms with Gasteiger partial charge in [0.1, 0.15) is 18.2 Å². The Bertz CT molecular complexity index is 628. The molecular formula is C17H17BrFNO. The SMILES string of the molecule is Fc1cccc(COc2ccc(Br)cc2CNC2CC2)c1. The van der Waals surface area contributed by atoms with E-state index >= 15 is 0 Å².